The summed E-state index contributed by atoms with van der Waals surface area (Å²) >= 11 is 0. The third kappa shape index (κ3) is 16.6. The Morgan fingerprint density at radius 3 is 2.21 bits per heavy atom. The molecule has 15 atom stereocenters. The number of cyclic esters (lactones) is 1. The molecule has 71 heavy (non-hydrogen) atoms. The monoisotopic (exact) mass is 1010 g/mol. The van der Waals surface area contributed by atoms with Crippen LogP contribution in [0.25, 0.3) is 0 Å². The van der Waals surface area contributed by atoms with Gasteiger partial charge in [0.25, 0.3) is 11.7 Å². The van der Waals surface area contributed by atoms with Crippen molar-refractivity contribution in [1.82, 2.24) is 4.90 Å². The van der Waals surface area contributed by atoms with E-state index in [1.807, 2.05) is 83.8 Å². The van der Waals surface area contributed by atoms with E-state index in [1.165, 1.54) is 12.0 Å². The first-order chi connectivity index (χ1) is 33.5. The first-order valence-corrected chi connectivity index (χ1v) is 29.4. The lowest BCUT2D eigenvalue weighted by Crippen LogP contribution is -2.61. The quantitative estimate of drug-likeness (QED) is 0.0543. The lowest BCUT2D eigenvalue weighted by atomic mass is 9.78. The van der Waals surface area contributed by atoms with Crippen LogP contribution in [0.2, 0.25) is 19.6 Å². The van der Waals surface area contributed by atoms with Crippen LogP contribution in [0.5, 0.6) is 0 Å². The molecule has 4 rings (SSSR count). The highest BCUT2D eigenvalue weighted by Gasteiger charge is 2.53. The van der Waals surface area contributed by atoms with E-state index in [9.17, 15) is 34.0 Å². The molecule has 1 unspecified atom stereocenters. The molecule has 400 valence electrons. The molecule has 3 fully saturated rings. The van der Waals surface area contributed by atoms with E-state index in [0.717, 1.165) is 5.57 Å². The number of fused-ring (bicyclic) bond motifs is 3. The summed E-state index contributed by atoms with van der Waals surface area (Å²) in [5.74, 6) is -7.70. The van der Waals surface area contributed by atoms with Crippen molar-refractivity contribution in [2.24, 2.45) is 40.8 Å². The zero-order chi connectivity index (χ0) is 52.8. The van der Waals surface area contributed by atoms with Crippen LogP contribution in [0.4, 0.5) is 0 Å². The van der Waals surface area contributed by atoms with Crippen molar-refractivity contribution in [3.05, 3.63) is 52.5 Å². The van der Waals surface area contributed by atoms with Gasteiger partial charge in [0.1, 0.15) is 24.0 Å². The summed E-state index contributed by atoms with van der Waals surface area (Å²) in [6.07, 6.45) is 12.3. The van der Waals surface area contributed by atoms with Crippen molar-refractivity contribution >= 4 is 37.5 Å². The molecule has 0 aromatic carbocycles. The predicted octanol–water partition coefficient (Wildman–Crippen LogP) is 8.75. The largest absolute Gasteiger partial charge is 0.460 e. The van der Waals surface area contributed by atoms with Gasteiger partial charge in [0.05, 0.1) is 24.4 Å². The third-order valence-electron chi connectivity index (χ3n) is 15.1. The normalized spacial score (nSPS) is 37.0. The highest BCUT2D eigenvalue weighted by atomic mass is 28.4. The minimum absolute atomic E-state index is 0.0455. The van der Waals surface area contributed by atoms with Crippen LogP contribution < -0.4 is 0 Å². The Balaban J connectivity index is 1.76. The molecule has 3 heterocycles. The summed E-state index contributed by atoms with van der Waals surface area (Å²) in [4.78, 5) is 89.3. The Bertz CT molecular complexity index is 1950. The van der Waals surface area contributed by atoms with E-state index in [0.29, 0.717) is 69.8 Å². The van der Waals surface area contributed by atoms with Gasteiger partial charge in [-0.25, -0.2) is 4.79 Å². The summed E-state index contributed by atoms with van der Waals surface area (Å²) in [7, 11) is 2.34. The van der Waals surface area contributed by atoms with E-state index in [1.54, 1.807) is 28.1 Å². The number of ether oxygens (including phenoxy) is 5. The summed E-state index contributed by atoms with van der Waals surface area (Å²) < 4.78 is 36.7. The molecule has 0 spiro atoms. The first kappa shape index (κ1) is 59.8. The Kier molecular flexibility index (Phi) is 23.2. The Morgan fingerprint density at radius 2 is 1.56 bits per heavy atom. The fourth-order valence-electron chi connectivity index (χ4n) is 10.8. The van der Waals surface area contributed by atoms with Gasteiger partial charge in [-0.2, -0.15) is 0 Å². The molecule has 16 nitrogen and oxygen atoms in total. The zero-order valence-electron chi connectivity index (χ0n) is 44.9. The van der Waals surface area contributed by atoms with Gasteiger partial charge in [0.15, 0.2) is 25.5 Å². The number of piperidine rings is 1. The summed E-state index contributed by atoms with van der Waals surface area (Å²) in [5, 5.41) is 14.7. The highest BCUT2D eigenvalue weighted by molar-refractivity contribution is 6.69. The molecule has 1 amide bonds. The van der Waals surface area contributed by atoms with Gasteiger partial charge in [0.2, 0.25) is 5.79 Å². The molecule has 1 aliphatic carbocycles. The predicted molar refractivity (Wildman–Crippen MR) is 272 cm³/mol. The summed E-state index contributed by atoms with van der Waals surface area (Å²) in [6.45, 7) is 19.3. The Morgan fingerprint density at radius 1 is 0.845 bits per heavy atom. The summed E-state index contributed by atoms with van der Waals surface area (Å²) in [6, 6.07) is -1.15. The zero-order valence-corrected chi connectivity index (χ0v) is 45.9. The standard InChI is InChI=1S/C54H86N2O14Si/c1-33-19-15-14-16-20-34(2)45(64-8)31-41-24-22-39(7)54(62,68-41)51(59)52(60)56-26-18-17-21-42(56)53(61)67-46(36(4)29-40-23-25-44(69-55-63)47(30-40)65-9)32-43(57)35(3)28-38(6)49(70-71(11,12)13)50(66-10)48(58)37(5)27-33/h14-16,19-20,28,33,35-37,39-42,44-47,49-50,62H,17-18,21-27,29-32H2,1-13H3/b16-14?,19-15+,34-20?,38-28+/t33-,35-,36-,37-,39-,40+,41+,42+,44-,45+,46?,47-,49-,50+,54-/m1/s1. The number of hydrogen-bond acceptors (Lipinski definition) is 15. The lowest BCUT2D eigenvalue weighted by molar-refractivity contribution is -0.265. The van der Waals surface area contributed by atoms with Gasteiger partial charge >= 0.3 is 5.97 Å². The minimum Gasteiger partial charge on any atom is -0.460 e. The van der Waals surface area contributed by atoms with Gasteiger partial charge in [0, 0.05) is 58.5 Å². The maximum Gasteiger partial charge on any atom is 0.329 e. The molecule has 1 N–H and O–H groups in total. The molecule has 17 heteroatoms. The smallest absolute Gasteiger partial charge is 0.329 e. The van der Waals surface area contributed by atoms with E-state index in [4.69, 9.17) is 32.9 Å². The molecule has 2 saturated heterocycles. The number of Topliss-reactive ketones (excluding diaryl/α,β-unsaturated/α-hetero) is 3. The number of carbonyl (C=O) groups excluding carboxylic acids is 5. The number of esters is 1. The van der Waals surface area contributed by atoms with Gasteiger partial charge in [-0.15, -0.1) is 4.91 Å². The van der Waals surface area contributed by atoms with Crippen molar-refractivity contribution in [1.29, 1.82) is 0 Å². The minimum atomic E-state index is -2.44. The number of amides is 1. The maximum atomic E-state index is 14.6. The number of aliphatic hydroxyl groups is 1. The number of nitrogens with zero attached hydrogens (tertiary/aromatic N) is 2. The van der Waals surface area contributed by atoms with Crippen molar-refractivity contribution < 1.29 is 62.0 Å². The van der Waals surface area contributed by atoms with E-state index >= 15 is 0 Å². The third-order valence-corrected chi connectivity index (χ3v) is 16.0. The van der Waals surface area contributed by atoms with Crippen LogP contribution in [-0.2, 0) is 56.9 Å². The fourth-order valence-corrected chi connectivity index (χ4v) is 11.9. The van der Waals surface area contributed by atoms with E-state index < -0.39 is 86.3 Å². The van der Waals surface area contributed by atoms with Crippen LogP contribution in [0.3, 0.4) is 0 Å². The van der Waals surface area contributed by atoms with Gasteiger partial charge in [-0.05, 0) is 127 Å². The average Bonchev–Trinajstić information content (AvgIpc) is 3.32. The second-order valence-corrected chi connectivity index (χ2v) is 26.4. The van der Waals surface area contributed by atoms with Crippen molar-refractivity contribution in [2.75, 3.05) is 27.9 Å². The molecule has 4 aliphatic rings. The van der Waals surface area contributed by atoms with Crippen LogP contribution >= 0.6 is 0 Å². The average molecular weight is 1020 g/mol. The van der Waals surface area contributed by atoms with Crippen LogP contribution in [0.15, 0.2) is 52.9 Å². The summed E-state index contributed by atoms with van der Waals surface area (Å²) in [5.41, 5.74) is 1.56. The molecule has 0 aromatic rings. The molecular formula is C54H86N2O14Si. The molecular weight excluding hydrogens is 929 g/mol. The Hall–Kier alpha value is -3.71. The van der Waals surface area contributed by atoms with E-state index in [-0.39, 0.29) is 60.7 Å². The number of methoxy groups -OCH3 is 3. The Labute approximate surface area is 424 Å². The number of ketones is 3. The molecule has 0 radical (unpaired) electrons. The van der Waals surface area contributed by atoms with Crippen molar-refractivity contribution in [2.45, 2.75) is 200 Å². The number of allylic oxidation sites excluding steroid dienone is 6. The second kappa shape index (κ2) is 27.5. The topological polar surface area (TPSA) is 203 Å². The van der Waals surface area contributed by atoms with Gasteiger partial charge in [-0.3, -0.25) is 19.2 Å². The van der Waals surface area contributed by atoms with E-state index in [2.05, 4.69) is 12.3 Å². The van der Waals surface area contributed by atoms with Gasteiger partial charge in [-0.1, -0.05) is 71.1 Å². The molecule has 1 saturated carbocycles. The fraction of sp³-hybridized carbons (Fsp3) is 0.759. The van der Waals surface area contributed by atoms with Crippen molar-refractivity contribution in [3.63, 3.8) is 0 Å². The lowest BCUT2D eigenvalue weighted by Gasteiger charge is -2.42. The molecule has 0 aromatic heterocycles. The van der Waals surface area contributed by atoms with Crippen molar-refractivity contribution in [3.8, 4) is 0 Å². The molecule has 2 bridgehead atoms. The SMILES string of the molecule is CO[C@H]1C[C@@H]2CC[C@@H](C)[C@@](O)(O2)C(=O)C(=O)N2CCCC[C@H]2C(=O)OC([C@H](C)C[C@@H]2CC[C@@H](ON=O)[C@H](OC)C2)CC(=O)[C@H](C)/C=C(\C)[C@@H](O[Si](C)(C)C)[C@@H](OC)C(=O)[C@H](C)C[C@H](C)/C=C/C=CC=C1C. The number of carbonyl (C=O) groups is 5. The second-order valence-electron chi connectivity index (χ2n) is 21.9. The molecule has 3 aliphatic heterocycles. The van der Waals surface area contributed by atoms with Crippen LogP contribution in [-0.4, -0.2) is 130 Å². The highest BCUT2D eigenvalue weighted by Crippen LogP contribution is 2.38. The van der Waals surface area contributed by atoms with Crippen LogP contribution in [0.1, 0.15) is 126 Å². The van der Waals surface area contributed by atoms with Crippen LogP contribution in [0, 0.1) is 40.4 Å². The number of hydrogen-bond donors (Lipinski definition) is 1. The maximum absolute atomic E-state index is 14.6. The number of rotatable bonds is 10. The first-order valence-electron chi connectivity index (χ1n) is 25.9. The van der Waals surface area contributed by atoms with Gasteiger partial charge < -0.3 is 43.0 Å².